The van der Waals surface area contributed by atoms with Crippen LogP contribution in [0.2, 0.25) is 0 Å². The standard InChI is InChI=1S/C21H22FN2O5P/c1-27-30(26,28-2)14-15-3-10-19(11-4-15)24-20(25)12-7-17-13-23-29-21(17)16-5-8-18(22)9-6-16/h3-6,8-11,13H,7,12,14H2,1-2H3,(H,24,25). The summed E-state index contributed by atoms with van der Waals surface area (Å²) in [6.07, 6.45) is 2.35. The maximum Gasteiger partial charge on any atom is 0.334 e. The molecule has 0 bridgehead atoms. The quantitative estimate of drug-likeness (QED) is 0.477. The number of aryl methyl sites for hydroxylation is 1. The summed E-state index contributed by atoms with van der Waals surface area (Å²) in [4.78, 5) is 12.3. The molecular weight excluding hydrogens is 410 g/mol. The highest BCUT2D eigenvalue weighted by molar-refractivity contribution is 7.52. The average Bonchev–Trinajstić information content (AvgIpc) is 3.23. The summed E-state index contributed by atoms with van der Waals surface area (Å²) in [7, 11) is -0.454. The minimum atomic E-state index is -3.14. The third-order valence-electron chi connectivity index (χ3n) is 4.54. The fraction of sp³-hybridized carbons (Fsp3) is 0.238. The Bertz CT molecular complexity index is 1030. The Balaban J connectivity index is 1.56. The van der Waals surface area contributed by atoms with Crippen LogP contribution in [0.3, 0.4) is 0 Å². The number of nitrogens with zero attached hydrogens (tertiary/aromatic N) is 1. The summed E-state index contributed by atoms with van der Waals surface area (Å²) in [5, 5.41) is 6.61. The molecule has 2 aromatic carbocycles. The minimum absolute atomic E-state index is 0.147. The van der Waals surface area contributed by atoms with Crippen molar-refractivity contribution in [3.8, 4) is 11.3 Å². The maximum atomic E-state index is 13.1. The van der Waals surface area contributed by atoms with Crippen LogP contribution >= 0.6 is 7.60 Å². The first kappa shape index (κ1) is 21.9. The van der Waals surface area contributed by atoms with E-state index in [0.29, 0.717) is 23.4 Å². The van der Waals surface area contributed by atoms with Gasteiger partial charge in [-0.2, -0.15) is 0 Å². The largest absolute Gasteiger partial charge is 0.356 e. The van der Waals surface area contributed by atoms with Crippen molar-refractivity contribution in [3.05, 3.63) is 71.7 Å². The van der Waals surface area contributed by atoms with Crippen LogP contribution in [0.4, 0.5) is 10.1 Å². The van der Waals surface area contributed by atoms with Crippen molar-refractivity contribution in [2.24, 2.45) is 0 Å². The van der Waals surface area contributed by atoms with Crippen molar-refractivity contribution in [3.63, 3.8) is 0 Å². The molecule has 0 aliphatic rings. The SMILES string of the molecule is COP(=O)(Cc1ccc(NC(=O)CCc2cnoc2-c2ccc(F)cc2)cc1)OC. The number of hydrogen-bond acceptors (Lipinski definition) is 6. The van der Waals surface area contributed by atoms with E-state index in [2.05, 4.69) is 10.5 Å². The van der Waals surface area contributed by atoms with E-state index in [1.807, 2.05) is 0 Å². The fourth-order valence-corrected chi connectivity index (χ4v) is 3.94. The van der Waals surface area contributed by atoms with Crippen molar-refractivity contribution < 1.29 is 27.3 Å². The van der Waals surface area contributed by atoms with Gasteiger partial charge in [0, 0.05) is 37.5 Å². The molecule has 1 amide bonds. The van der Waals surface area contributed by atoms with Crippen LogP contribution in [0.1, 0.15) is 17.5 Å². The molecule has 1 N–H and O–H groups in total. The van der Waals surface area contributed by atoms with E-state index in [1.165, 1.54) is 26.4 Å². The molecule has 7 nitrogen and oxygen atoms in total. The van der Waals surface area contributed by atoms with Gasteiger partial charge in [0.25, 0.3) is 0 Å². The van der Waals surface area contributed by atoms with Gasteiger partial charge in [0.2, 0.25) is 5.91 Å². The lowest BCUT2D eigenvalue weighted by molar-refractivity contribution is -0.116. The van der Waals surface area contributed by atoms with Crippen molar-refractivity contribution in [1.29, 1.82) is 0 Å². The van der Waals surface area contributed by atoms with Crippen LogP contribution < -0.4 is 5.32 Å². The minimum Gasteiger partial charge on any atom is -0.356 e. The van der Waals surface area contributed by atoms with E-state index < -0.39 is 7.60 Å². The first-order chi connectivity index (χ1) is 14.4. The van der Waals surface area contributed by atoms with Gasteiger partial charge in [-0.25, -0.2) is 4.39 Å². The first-order valence-electron chi connectivity index (χ1n) is 9.21. The highest BCUT2D eigenvalue weighted by Gasteiger charge is 2.21. The molecule has 3 rings (SSSR count). The topological polar surface area (TPSA) is 90.7 Å². The third kappa shape index (κ3) is 5.63. The molecule has 0 spiro atoms. The van der Waals surface area contributed by atoms with Gasteiger partial charge in [-0.15, -0.1) is 0 Å². The summed E-state index contributed by atoms with van der Waals surface area (Å²) < 4.78 is 40.4. The average molecular weight is 432 g/mol. The van der Waals surface area contributed by atoms with Gasteiger partial charge >= 0.3 is 7.60 Å². The molecule has 0 saturated heterocycles. The number of carbonyl (C=O) groups is 1. The van der Waals surface area contributed by atoms with Gasteiger partial charge in [-0.05, 0) is 48.4 Å². The van der Waals surface area contributed by atoms with Crippen LogP contribution in [0.25, 0.3) is 11.3 Å². The molecule has 0 saturated carbocycles. The number of nitrogens with one attached hydrogen (secondary N) is 1. The summed E-state index contributed by atoms with van der Waals surface area (Å²) in [5.74, 6) is 0.0128. The number of carbonyl (C=O) groups excluding carboxylic acids is 1. The van der Waals surface area contributed by atoms with Crippen molar-refractivity contribution in [2.75, 3.05) is 19.5 Å². The van der Waals surface area contributed by atoms with Gasteiger partial charge in [-0.3, -0.25) is 9.36 Å². The number of anilines is 1. The number of benzene rings is 2. The molecule has 0 aliphatic carbocycles. The summed E-state index contributed by atoms with van der Waals surface area (Å²) in [5.41, 5.74) is 2.86. The smallest absolute Gasteiger partial charge is 0.334 e. The predicted octanol–water partition coefficient (Wildman–Crippen LogP) is 5.04. The lowest BCUT2D eigenvalue weighted by atomic mass is 10.1. The number of hydrogen-bond donors (Lipinski definition) is 1. The molecule has 0 unspecified atom stereocenters. The van der Waals surface area contributed by atoms with Gasteiger partial charge in [0.15, 0.2) is 5.76 Å². The first-order valence-corrected chi connectivity index (χ1v) is 10.9. The molecular formula is C21H22FN2O5P. The van der Waals surface area contributed by atoms with Gasteiger partial charge in [0.1, 0.15) is 5.82 Å². The number of halogens is 1. The lowest BCUT2D eigenvalue weighted by Crippen LogP contribution is -2.12. The molecule has 0 atom stereocenters. The zero-order valence-electron chi connectivity index (χ0n) is 16.6. The highest BCUT2D eigenvalue weighted by Crippen LogP contribution is 2.49. The Morgan fingerprint density at radius 3 is 2.40 bits per heavy atom. The van der Waals surface area contributed by atoms with Crippen LogP contribution in [0, 0.1) is 5.82 Å². The maximum absolute atomic E-state index is 13.1. The van der Waals surface area contributed by atoms with E-state index >= 15 is 0 Å². The second kappa shape index (κ2) is 9.80. The number of amides is 1. The van der Waals surface area contributed by atoms with E-state index in [1.54, 1.807) is 42.6 Å². The Hall–Kier alpha value is -2.80. The molecule has 0 aliphatic heterocycles. The van der Waals surface area contributed by atoms with Gasteiger partial charge < -0.3 is 18.9 Å². The molecule has 30 heavy (non-hydrogen) atoms. The zero-order chi connectivity index (χ0) is 21.6. The lowest BCUT2D eigenvalue weighted by Gasteiger charge is -2.13. The van der Waals surface area contributed by atoms with Crippen LogP contribution in [-0.2, 0) is 31.0 Å². The summed E-state index contributed by atoms with van der Waals surface area (Å²) >= 11 is 0. The predicted molar refractivity (Wildman–Crippen MR) is 111 cm³/mol. The van der Waals surface area contributed by atoms with E-state index in [4.69, 9.17) is 13.6 Å². The third-order valence-corrected chi connectivity index (χ3v) is 6.41. The number of aromatic nitrogens is 1. The molecule has 0 radical (unpaired) electrons. The van der Waals surface area contributed by atoms with E-state index in [-0.39, 0.29) is 24.3 Å². The van der Waals surface area contributed by atoms with Crippen molar-refractivity contribution >= 4 is 19.2 Å². The monoisotopic (exact) mass is 432 g/mol. The fourth-order valence-electron chi connectivity index (χ4n) is 2.87. The van der Waals surface area contributed by atoms with Gasteiger partial charge in [0.05, 0.1) is 12.4 Å². The highest BCUT2D eigenvalue weighted by atomic mass is 31.2. The Morgan fingerprint density at radius 2 is 1.77 bits per heavy atom. The van der Waals surface area contributed by atoms with Crippen molar-refractivity contribution in [2.45, 2.75) is 19.0 Å². The molecule has 3 aromatic rings. The number of rotatable bonds is 9. The zero-order valence-corrected chi connectivity index (χ0v) is 17.5. The second-order valence-corrected chi connectivity index (χ2v) is 8.83. The molecule has 1 aromatic heterocycles. The van der Waals surface area contributed by atoms with Crippen molar-refractivity contribution in [1.82, 2.24) is 5.16 Å². The van der Waals surface area contributed by atoms with Crippen LogP contribution in [-0.4, -0.2) is 25.3 Å². The second-order valence-electron chi connectivity index (χ2n) is 6.57. The van der Waals surface area contributed by atoms with Crippen LogP contribution in [0.5, 0.6) is 0 Å². The Morgan fingerprint density at radius 1 is 1.10 bits per heavy atom. The molecule has 158 valence electrons. The Kier molecular flexibility index (Phi) is 7.15. The molecule has 9 heteroatoms. The molecule has 1 heterocycles. The van der Waals surface area contributed by atoms with E-state index in [0.717, 1.165) is 11.1 Å². The van der Waals surface area contributed by atoms with Crippen LogP contribution in [0.15, 0.2) is 59.3 Å². The molecule has 0 fully saturated rings. The van der Waals surface area contributed by atoms with Gasteiger partial charge in [-0.1, -0.05) is 17.3 Å². The summed E-state index contributed by atoms with van der Waals surface area (Å²) in [6.45, 7) is 0. The van der Waals surface area contributed by atoms with E-state index in [9.17, 15) is 13.8 Å². The normalized spacial score (nSPS) is 11.4. The Labute approximate surface area is 173 Å². The summed E-state index contributed by atoms with van der Waals surface area (Å²) in [6, 6.07) is 12.9.